The van der Waals surface area contributed by atoms with Gasteiger partial charge in [-0.1, -0.05) is 0 Å². The van der Waals surface area contributed by atoms with Crippen molar-refractivity contribution in [2.45, 2.75) is 18.9 Å². The molecule has 0 saturated carbocycles. The van der Waals surface area contributed by atoms with Crippen molar-refractivity contribution in [1.29, 1.82) is 0 Å². The number of nitrogens with two attached hydrogens (primary N) is 1. The molecule has 3 rings (SSSR count). The lowest BCUT2D eigenvalue weighted by atomic mass is 10.1. The molecule has 140 valence electrons. The molecule has 1 aliphatic rings. The van der Waals surface area contributed by atoms with Gasteiger partial charge in [-0.05, 0) is 37.1 Å². The van der Waals surface area contributed by atoms with Crippen LogP contribution in [-0.2, 0) is 11.8 Å². The van der Waals surface area contributed by atoms with Crippen LogP contribution in [0.4, 0.5) is 0 Å². The van der Waals surface area contributed by atoms with Gasteiger partial charge < -0.3 is 15.2 Å². The predicted octanol–water partition coefficient (Wildman–Crippen LogP) is 1.68. The molecule has 26 heavy (non-hydrogen) atoms. The Hall–Kier alpha value is -2.38. The minimum Gasteiger partial charge on any atom is -0.492 e. The van der Waals surface area contributed by atoms with Crippen molar-refractivity contribution >= 4 is 5.91 Å². The molecule has 2 heterocycles. The lowest BCUT2D eigenvalue weighted by Crippen LogP contribution is -2.38. The van der Waals surface area contributed by atoms with Crippen LogP contribution in [0.2, 0.25) is 0 Å². The highest BCUT2D eigenvalue weighted by Crippen LogP contribution is 2.30. The van der Waals surface area contributed by atoms with Gasteiger partial charge in [0.05, 0.1) is 11.8 Å². The number of amides is 1. The van der Waals surface area contributed by atoms with E-state index in [0.29, 0.717) is 18.3 Å². The number of carbonyl (C=O) groups excluding carboxylic acids is 1. The van der Waals surface area contributed by atoms with Crippen LogP contribution in [0, 0.1) is 0 Å². The standard InChI is InChI=1S/C19H26N4O3/c1-22-17(5-8-21-22)16-13-14(19(20)24)3-4-18(16)26-12-11-23-9-6-15(25-2)7-10-23/h3-5,8,13,15H,6-7,9-12H2,1-2H3,(H2,20,24). The van der Waals surface area contributed by atoms with E-state index in [9.17, 15) is 4.79 Å². The molecule has 7 nitrogen and oxygen atoms in total. The summed E-state index contributed by atoms with van der Waals surface area (Å²) in [5, 5.41) is 4.20. The van der Waals surface area contributed by atoms with Crippen molar-refractivity contribution in [3.05, 3.63) is 36.0 Å². The van der Waals surface area contributed by atoms with Gasteiger partial charge in [-0.15, -0.1) is 0 Å². The molecule has 1 aromatic heterocycles. The van der Waals surface area contributed by atoms with E-state index in [4.69, 9.17) is 15.2 Å². The normalized spacial score (nSPS) is 15.9. The lowest BCUT2D eigenvalue weighted by molar-refractivity contribution is 0.0375. The van der Waals surface area contributed by atoms with Gasteiger partial charge >= 0.3 is 0 Å². The van der Waals surface area contributed by atoms with Crippen LogP contribution in [0.1, 0.15) is 23.2 Å². The average molecular weight is 358 g/mol. The number of nitrogens with zero attached hydrogens (tertiary/aromatic N) is 3. The van der Waals surface area contributed by atoms with E-state index in [1.165, 1.54) is 0 Å². The van der Waals surface area contributed by atoms with Gasteiger partial charge in [-0.2, -0.15) is 5.10 Å². The second-order valence-electron chi connectivity index (χ2n) is 6.54. The third-order valence-corrected chi connectivity index (χ3v) is 4.89. The largest absolute Gasteiger partial charge is 0.492 e. The Balaban J connectivity index is 1.67. The molecule has 1 fully saturated rings. The van der Waals surface area contributed by atoms with Gasteiger partial charge in [0.1, 0.15) is 12.4 Å². The second kappa shape index (κ2) is 8.33. The topological polar surface area (TPSA) is 82.6 Å². The molecule has 1 aliphatic heterocycles. The number of hydrogen-bond donors (Lipinski definition) is 1. The van der Waals surface area contributed by atoms with E-state index in [1.807, 2.05) is 13.1 Å². The monoisotopic (exact) mass is 358 g/mol. The number of carbonyl (C=O) groups is 1. The summed E-state index contributed by atoms with van der Waals surface area (Å²) >= 11 is 0. The first-order valence-corrected chi connectivity index (χ1v) is 8.88. The summed E-state index contributed by atoms with van der Waals surface area (Å²) in [6.07, 6.45) is 4.22. The predicted molar refractivity (Wildman–Crippen MR) is 99.1 cm³/mol. The second-order valence-corrected chi connectivity index (χ2v) is 6.54. The molecule has 2 aromatic rings. The number of hydrogen-bond acceptors (Lipinski definition) is 5. The van der Waals surface area contributed by atoms with Gasteiger partial charge in [-0.25, -0.2) is 0 Å². The molecule has 1 aromatic carbocycles. The maximum Gasteiger partial charge on any atom is 0.248 e. The molecule has 1 saturated heterocycles. The van der Waals surface area contributed by atoms with Crippen molar-refractivity contribution in [1.82, 2.24) is 14.7 Å². The summed E-state index contributed by atoms with van der Waals surface area (Å²) in [4.78, 5) is 13.9. The fourth-order valence-electron chi connectivity index (χ4n) is 3.30. The van der Waals surface area contributed by atoms with Crippen LogP contribution in [0.25, 0.3) is 11.3 Å². The molecule has 0 aliphatic carbocycles. The van der Waals surface area contributed by atoms with Crippen molar-refractivity contribution in [3.8, 4) is 17.0 Å². The molecule has 0 unspecified atom stereocenters. The Morgan fingerprint density at radius 2 is 2.08 bits per heavy atom. The average Bonchev–Trinajstić information content (AvgIpc) is 3.08. The number of benzene rings is 1. The zero-order chi connectivity index (χ0) is 18.5. The van der Waals surface area contributed by atoms with Crippen LogP contribution in [0.3, 0.4) is 0 Å². The number of aromatic nitrogens is 2. The lowest BCUT2D eigenvalue weighted by Gasteiger charge is -2.31. The van der Waals surface area contributed by atoms with E-state index < -0.39 is 5.91 Å². The number of rotatable bonds is 7. The Morgan fingerprint density at radius 1 is 1.31 bits per heavy atom. The molecule has 0 spiro atoms. The van der Waals surface area contributed by atoms with Crippen LogP contribution in [-0.4, -0.2) is 60.0 Å². The molecule has 7 heteroatoms. The van der Waals surface area contributed by atoms with Gasteiger partial charge in [-0.3, -0.25) is 14.4 Å². The Bertz CT molecular complexity index is 751. The highest BCUT2D eigenvalue weighted by Gasteiger charge is 2.19. The van der Waals surface area contributed by atoms with Crippen molar-refractivity contribution in [2.24, 2.45) is 12.8 Å². The minimum atomic E-state index is -0.457. The van der Waals surface area contributed by atoms with Gasteiger partial charge in [0, 0.05) is 51.1 Å². The molecular formula is C19H26N4O3. The summed E-state index contributed by atoms with van der Waals surface area (Å²) in [6.45, 7) is 3.49. The first-order chi connectivity index (χ1) is 12.6. The van der Waals surface area contributed by atoms with E-state index in [-0.39, 0.29) is 0 Å². The highest BCUT2D eigenvalue weighted by molar-refractivity contribution is 5.94. The summed E-state index contributed by atoms with van der Waals surface area (Å²) in [7, 11) is 3.63. The summed E-state index contributed by atoms with van der Waals surface area (Å²) in [6, 6.07) is 7.16. The van der Waals surface area contributed by atoms with Crippen molar-refractivity contribution < 1.29 is 14.3 Å². The highest BCUT2D eigenvalue weighted by atomic mass is 16.5. The van der Waals surface area contributed by atoms with Gasteiger partial charge in [0.15, 0.2) is 0 Å². The maximum atomic E-state index is 11.5. The van der Waals surface area contributed by atoms with E-state index >= 15 is 0 Å². The summed E-state index contributed by atoms with van der Waals surface area (Å²) in [5.74, 6) is 0.270. The zero-order valence-electron chi connectivity index (χ0n) is 15.4. The quantitative estimate of drug-likeness (QED) is 0.814. The Kier molecular flexibility index (Phi) is 5.90. The fourth-order valence-corrected chi connectivity index (χ4v) is 3.30. The Labute approximate surface area is 153 Å². The zero-order valence-corrected chi connectivity index (χ0v) is 15.4. The van der Waals surface area contributed by atoms with Crippen LogP contribution in [0.15, 0.2) is 30.5 Å². The van der Waals surface area contributed by atoms with Crippen molar-refractivity contribution in [2.75, 3.05) is 33.4 Å². The minimum absolute atomic E-state index is 0.380. The number of piperidine rings is 1. The number of ether oxygens (including phenoxy) is 2. The van der Waals surface area contributed by atoms with E-state index in [1.54, 1.807) is 36.2 Å². The van der Waals surface area contributed by atoms with E-state index in [0.717, 1.165) is 49.5 Å². The van der Waals surface area contributed by atoms with Crippen molar-refractivity contribution in [3.63, 3.8) is 0 Å². The molecule has 0 atom stereocenters. The molecule has 1 amide bonds. The number of aryl methyl sites for hydroxylation is 1. The molecule has 0 radical (unpaired) electrons. The SMILES string of the molecule is COC1CCN(CCOc2ccc(C(N)=O)cc2-c2ccnn2C)CC1. The third kappa shape index (κ3) is 4.23. The summed E-state index contributed by atoms with van der Waals surface area (Å²) in [5.41, 5.74) is 7.58. The first-order valence-electron chi connectivity index (χ1n) is 8.88. The van der Waals surface area contributed by atoms with Crippen LogP contribution >= 0.6 is 0 Å². The van der Waals surface area contributed by atoms with Crippen LogP contribution < -0.4 is 10.5 Å². The van der Waals surface area contributed by atoms with E-state index in [2.05, 4.69) is 10.00 Å². The number of methoxy groups -OCH3 is 1. The van der Waals surface area contributed by atoms with Crippen LogP contribution in [0.5, 0.6) is 5.75 Å². The van der Waals surface area contributed by atoms with Gasteiger partial charge in [0.2, 0.25) is 5.91 Å². The number of likely N-dealkylation sites (tertiary alicyclic amines) is 1. The summed E-state index contributed by atoms with van der Waals surface area (Å²) < 4.78 is 13.2. The molecule has 0 bridgehead atoms. The first kappa shape index (κ1) is 18.4. The Morgan fingerprint density at radius 3 is 2.69 bits per heavy atom. The molecule has 2 N–H and O–H groups in total. The smallest absolute Gasteiger partial charge is 0.248 e. The molecular weight excluding hydrogens is 332 g/mol. The fraction of sp³-hybridized carbons (Fsp3) is 0.474. The third-order valence-electron chi connectivity index (χ3n) is 4.89. The van der Waals surface area contributed by atoms with Gasteiger partial charge in [0.25, 0.3) is 0 Å². The maximum absolute atomic E-state index is 11.5. The number of primary amides is 1.